The lowest BCUT2D eigenvalue weighted by atomic mass is 10.1. The Morgan fingerprint density at radius 1 is 1.27 bits per heavy atom. The third kappa shape index (κ3) is 1.98. The fraction of sp³-hybridized carbons (Fsp3) is 0. The van der Waals surface area contributed by atoms with Gasteiger partial charge in [-0.3, -0.25) is 0 Å². The first-order chi connectivity index (χ1) is 7.11. The van der Waals surface area contributed by atoms with Gasteiger partial charge in [-0.2, -0.15) is 0 Å². The number of benzene rings is 1. The standard InChI is InChI=1S/C10H4Br2ClFO/c11-5-4-6(12)10(14)9(13)8(5)7-2-1-3-15-7/h1-4H. The van der Waals surface area contributed by atoms with Crippen LogP contribution < -0.4 is 0 Å². The molecule has 0 fully saturated rings. The van der Waals surface area contributed by atoms with E-state index >= 15 is 0 Å². The highest BCUT2D eigenvalue weighted by Crippen LogP contribution is 2.39. The number of hydrogen-bond acceptors (Lipinski definition) is 1. The Kier molecular flexibility index (Phi) is 3.19. The summed E-state index contributed by atoms with van der Waals surface area (Å²) in [4.78, 5) is 0. The molecule has 15 heavy (non-hydrogen) atoms. The fourth-order valence-electron chi connectivity index (χ4n) is 1.21. The van der Waals surface area contributed by atoms with Gasteiger partial charge in [0.15, 0.2) is 5.82 Å². The van der Waals surface area contributed by atoms with E-state index in [4.69, 9.17) is 16.0 Å². The Balaban J connectivity index is 2.72. The van der Waals surface area contributed by atoms with Crippen molar-refractivity contribution in [3.8, 4) is 11.3 Å². The molecule has 0 aliphatic heterocycles. The molecule has 0 radical (unpaired) electrons. The monoisotopic (exact) mass is 352 g/mol. The maximum absolute atomic E-state index is 13.5. The molecule has 0 aliphatic carbocycles. The fourth-order valence-corrected chi connectivity index (χ4v) is 3.09. The molecule has 1 heterocycles. The number of halogens is 4. The molecule has 0 aliphatic rings. The van der Waals surface area contributed by atoms with Crippen molar-refractivity contribution in [2.75, 3.05) is 0 Å². The van der Waals surface area contributed by atoms with Gasteiger partial charge in [0.25, 0.3) is 0 Å². The quantitative estimate of drug-likeness (QED) is 0.503. The van der Waals surface area contributed by atoms with Crippen molar-refractivity contribution in [2.24, 2.45) is 0 Å². The largest absolute Gasteiger partial charge is 0.464 e. The summed E-state index contributed by atoms with van der Waals surface area (Å²) in [5.74, 6) is 0.0320. The van der Waals surface area contributed by atoms with Crippen molar-refractivity contribution in [1.82, 2.24) is 0 Å². The molecule has 0 amide bonds. The average Bonchev–Trinajstić information content (AvgIpc) is 2.68. The molecule has 78 valence electrons. The SMILES string of the molecule is Fc1c(Br)cc(Br)c(-c2ccco2)c1Cl. The van der Waals surface area contributed by atoms with Crippen LogP contribution in [0.5, 0.6) is 0 Å². The minimum atomic E-state index is -0.494. The van der Waals surface area contributed by atoms with Crippen molar-refractivity contribution in [2.45, 2.75) is 0 Å². The summed E-state index contributed by atoms with van der Waals surface area (Å²) in [5.41, 5.74) is 0.516. The maximum Gasteiger partial charge on any atom is 0.156 e. The van der Waals surface area contributed by atoms with Gasteiger partial charge < -0.3 is 4.42 Å². The van der Waals surface area contributed by atoms with Crippen LogP contribution >= 0.6 is 43.5 Å². The maximum atomic E-state index is 13.5. The molecule has 1 nitrogen and oxygen atoms in total. The Morgan fingerprint density at radius 3 is 2.60 bits per heavy atom. The molecule has 0 saturated heterocycles. The summed E-state index contributed by atoms with van der Waals surface area (Å²) in [6, 6.07) is 5.04. The summed E-state index contributed by atoms with van der Waals surface area (Å²) in [6.45, 7) is 0. The van der Waals surface area contributed by atoms with Crippen LogP contribution in [0.4, 0.5) is 4.39 Å². The van der Waals surface area contributed by atoms with E-state index in [-0.39, 0.29) is 5.02 Å². The Hall–Kier alpha value is -0.320. The minimum absolute atomic E-state index is 0.0335. The first-order valence-electron chi connectivity index (χ1n) is 3.98. The first kappa shape index (κ1) is 11.2. The second kappa shape index (κ2) is 4.28. The zero-order chi connectivity index (χ0) is 11.0. The molecule has 0 saturated carbocycles. The molecule has 0 bridgehead atoms. The predicted molar refractivity (Wildman–Crippen MR) is 64.5 cm³/mol. The topological polar surface area (TPSA) is 13.1 Å². The lowest BCUT2D eigenvalue weighted by molar-refractivity contribution is 0.579. The Labute approximate surface area is 107 Å². The second-order valence-electron chi connectivity index (χ2n) is 2.82. The van der Waals surface area contributed by atoms with Crippen LogP contribution in [-0.2, 0) is 0 Å². The first-order valence-corrected chi connectivity index (χ1v) is 5.94. The summed E-state index contributed by atoms with van der Waals surface area (Å²) in [7, 11) is 0. The summed E-state index contributed by atoms with van der Waals surface area (Å²) < 4.78 is 19.7. The molecular weight excluding hydrogens is 350 g/mol. The van der Waals surface area contributed by atoms with Crippen molar-refractivity contribution < 1.29 is 8.81 Å². The van der Waals surface area contributed by atoms with E-state index in [0.29, 0.717) is 20.3 Å². The lowest BCUT2D eigenvalue weighted by Gasteiger charge is -2.06. The molecule has 0 spiro atoms. The van der Waals surface area contributed by atoms with Crippen LogP contribution in [0.3, 0.4) is 0 Å². The van der Waals surface area contributed by atoms with Crippen LogP contribution in [0, 0.1) is 5.82 Å². The van der Waals surface area contributed by atoms with Gasteiger partial charge in [0, 0.05) is 4.47 Å². The van der Waals surface area contributed by atoms with Gasteiger partial charge in [0.1, 0.15) is 5.76 Å². The molecular formula is C10H4Br2ClFO. The van der Waals surface area contributed by atoms with Crippen molar-refractivity contribution in [3.63, 3.8) is 0 Å². The molecule has 1 aromatic carbocycles. The number of hydrogen-bond donors (Lipinski definition) is 0. The highest BCUT2D eigenvalue weighted by atomic mass is 79.9. The second-order valence-corrected chi connectivity index (χ2v) is 4.91. The van der Waals surface area contributed by atoms with Gasteiger partial charge in [-0.25, -0.2) is 4.39 Å². The van der Waals surface area contributed by atoms with Crippen molar-refractivity contribution in [3.05, 3.63) is 44.2 Å². The van der Waals surface area contributed by atoms with Crippen LogP contribution in [0.25, 0.3) is 11.3 Å². The Morgan fingerprint density at radius 2 is 2.00 bits per heavy atom. The molecule has 5 heteroatoms. The zero-order valence-corrected chi connectivity index (χ0v) is 11.2. The molecule has 2 rings (SSSR count). The molecule has 0 N–H and O–H groups in total. The number of furan rings is 1. The van der Waals surface area contributed by atoms with Crippen LogP contribution in [0.2, 0.25) is 5.02 Å². The van der Waals surface area contributed by atoms with Gasteiger partial charge in [-0.1, -0.05) is 11.6 Å². The molecule has 0 unspecified atom stereocenters. The van der Waals surface area contributed by atoms with Gasteiger partial charge in [0.2, 0.25) is 0 Å². The van der Waals surface area contributed by atoms with E-state index < -0.39 is 5.82 Å². The van der Waals surface area contributed by atoms with E-state index in [2.05, 4.69) is 31.9 Å². The van der Waals surface area contributed by atoms with E-state index in [1.165, 1.54) is 6.26 Å². The van der Waals surface area contributed by atoms with Gasteiger partial charge in [-0.05, 0) is 50.1 Å². The summed E-state index contributed by atoms with van der Waals surface area (Å²) in [6.07, 6.45) is 1.51. The zero-order valence-electron chi connectivity index (χ0n) is 7.23. The molecule has 2 aromatic rings. The molecule has 0 atom stereocenters. The number of rotatable bonds is 1. The summed E-state index contributed by atoms with van der Waals surface area (Å²) in [5, 5.41) is 0.0335. The van der Waals surface area contributed by atoms with E-state index in [1.54, 1.807) is 18.2 Å². The summed E-state index contributed by atoms with van der Waals surface area (Å²) >= 11 is 12.3. The van der Waals surface area contributed by atoms with Gasteiger partial charge >= 0.3 is 0 Å². The normalized spacial score (nSPS) is 10.7. The lowest BCUT2D eigenvalue weighted by Crippen LogP contribution is -1.86. The van der Waals surface area contributed by atoms with E-state index in [1.807, 2.05) is 0 Å². The smallest absolute Gasteiger partial charge is 0.156 e. The van der Waals surface area contributed by atoms with Crippen LogP contribution in [-0.4, -0.2) is 0 Å². The molecule has 1 aromatic heterocycles. The van der Waals surface area contributed by atoms with Crippen molar-refractivity contribution >= 4 is 43.5 Å². The van der Waals surface area contributed by atoms with Gasteiger partial charge in [-0.15, -0.1) is 0 Å². The highest BCUT2D eigenvalue weighted by Gasteiger charge is 2.17. The van der Waals surface area contributed by atoms with Crippen LogP contribution in [0.15, 0.2) is 37.8 Å². The third-order valence-electron chi connectivity index (χ3n) is 1.88. The Bertz CT molecular complexity index is 497. The van der Waals surface area contributed by atoms with E-state index in [0.717, 1.165) is 0 Å². The van der Waals surface area contributed by atoms with Crippen LogP contribution in [0.1, 0.15) is 0 Å². The predicted octanol–water partition coefficient (Wildman–Crippen LogP) is 5.26. The van der Waals surface area contributed by atoms with Crippen molar-refractivity contribution in [1.29, 1.82) is 0 Å². The highest BCUT2D eigenvalue weighted by molar-refractivity contribution is 9.11. The van der Waals surface area contributed by atoms with E-state index in [9.17, 15) is 4.39 Å². The van der Waals surface area contributed by atoms with Gasteiger partial charge in [0.05, 0.1) is 21.3 Å². The third-order valence-corrected chi connectivity index (χ3v) is 3.44. The minimum Gasteiger partial charge on any atom is -0.464 e. The average molecular weight is 354 g/mol.